The fraction of sp³-hybridized carbons (Fsp3) is 0.0417. The highest BCUT2D eigenvalue weighted by molar-refractivity contribution is 9.10. The van der Waals surface area contributed by atoms with Gasteiger partial charge in [-0.15, -0.1) is 0 Å². The quantitative estimate of drug-likeness (QED) is 0.112. The average Bonchev–Trinajstić information content (AvgIpc) is 2.82. The normalized spacial score (nSPS) is 15.0. The summed E-state index contributed by atoms with van der Waals surface area (Å²) in [5.74, 6) is -1.99. The molecule has 8 nitrogen and oxygen atoms in total. The van der Waals surface area contributed by atoms with E-state index >= 15 is 0 Å². The second kappa shape index (κ2) is 10.5. The number of thiocarbonyl (C=S) groups is 1. The molecule has 3 aromatic carbocycles. The highest BCUT2D eigenvalue weighted by Crippen LogP contribution is 2.39. The molecule has 1 fully saturated rings. The van der Waals surface area contributed by atoms with Crippen molar-refractivity contribution in [2.45, 2.75) is 6.18 Å². The Hall–Kier alpha value is -3.81. The number of nitrogens with one attached hydrogen (secondary N) is 1. The molecule has 0 bridgehead atoms. The molecule has 0 spiro atoms. The number of anilines is 1. The lowest BCUT2D eigenvalue weighted by molar-refractivity contribution is -0.385. The molecule has 14 heteroatoms. The smallest absolute Gasteiger partial charge is 0.416 e. The van der Waals surface area contributed by atoms with E-state index in [0.717, 1.165) is 11.0 Å². The van der Waals surface area contributed by atoms with Gasteiger partial charge in [0.25, 0.3) is 11.8 Å². The van der Waals surface area contributed by atoms with Crippen LogP contribution in [0.3, 0.4) is 0 Å². The molecule has 0 atom stereocenters. The fourth-order valence-electron chi connectivity index (χ4n) is 3.40. The van der Waals surface area contributed by atoms with Crippen LogP contribution >= 0.6 is 39.7 Å². The van der Waals surface area contributed by atoms with Crippen LogP contribution in [-0.4, -0.2) is 21.9 Å². The summed E-state index contributed by atoms with van der Waals surface area (Å²) >= 11 is 14.7. The van der Waals surface area contributed by atoms with Gasteiger partial charge in [-0.3, -0.25) is 29.9 Å². The number of nitrogens with zero attached hydrogens (tertiary/aromatic N) is 2. The van der Waals surface area contributed by atoms with Gasteiger partial charge >= 0.3 is 11.9 Å². The van der Waals surface area contributed by atoms with Crippen LogP contribution in [0.4, 0.5) is 24.5 Å². The van der Waals surface area contributed by atoms with Crippen LogP contribution < -0.4 is 15.0 Å². The lowest BCUT2D eigenvalue weighted by Gasteiger charge is -2.29. The number of carbonyl (C=O) groups is 2. The third kappa shape index (κ3) is 5.69. The van der Waals surface area contributed by atoms with Crippen LogP contribution in [0.2, 0.25) is 5.02 Å². The number of hydrogen-bond acceptors (Lipinski definition) is 6. The van der Waals surface area contributed by atoms with E-state index in [0.29, 0.717) is 27.9 Å². The van der Waals surface area contributed by atoms with Crippen LogP contribution in [0.25, 0.3) is 6.08 Å². The summed E-state index contributed by atoms with van der Waals surface area (Å²) in [6.45, 7) is 0. The first-order valence-corrected chi connectivity index (χ1v) is 11.9. The third-order valence-corrected chi connectivity index (χ3v) is 6.21. The minimum absolute atomic E-state index is 0.0865. The summed E-state index contributed by atoms with van der Waals surface area (Å²) in [7, 11) is 0. The van der Waals surface area contributed by atoms with Crippen molar-refractivity contribution in [1.29, 1.82) is 0 Å². The van der Waals surface area contributed by atoms with Crippen LogP contribution in [0.5, 0.6) is 11.5 Å². The number of carbonyl (C=O) groups excluding carboxylic acids is 2. The van der Waals surface area contributed by atoms with Gasteiger partial charge in [0.15, 0.2) is 5.11 Å². The molecule has 1 heterocycles. The summed E-state index contributed by atoms with van der Waals surface area (Å²) in [5, 5.41) is 13.6. The van der Waals surface area contributed by atoms with E-state index in [9.17, 15) is 32.9 Å². The van der Waals surface area contributed by atoms with Crippen molar-refractivity contribution in [3.63, 3.8) is 0 Å². The molecule has 4 rings (SSSR count). The fourth-order valence-corrected chi connectivity index (χ4v) is 4.30. The molecule has 1 aliphatic heterocycles. The van der Waals surface area contributed by atoms with Crippen LogP contribution in [0.15, 0.2) is 70.7 Å². The SMILES string of the molecule is O=C1NC(=S)N(c2cccc(Br)c2)C(=O)/C1=C/c1ccc(Oc2ccc(C(F)(F)F)cc2[N+](=O)[O-])c(Cl)c1. The van der Waals surface area contributed by atoms with Crippen molar-refractivity contribution >= 4 is 74.1 Å². The van der Waals surface area contributed by atoms with Crippen molar-refractivity contribution in [3.05, 3.63) is 97.0 Å². The summed E-state index contributed by atoms with van der Waals surface area (Å²) in [6.07, 6.45) is -3.52. The first-order valence-electron chi connectivity index (χ1n) is 10.3. The summed E-state index contributed by atoms with van der Waals surface area (Å²) in [5.41, 5.74) is -1.65. The van der Waals surface area contributed by atoms with Crippen molar-refractivity contribution in [1.82, 2.24) is 5.32 Å². The zero-order chi connectivity index (χ0) is 27.8. The largest absolute Gasteiger partial charge is 0.449 e. The number of ether oxygens (including phenoxy) is 1. The molecular weight excluding hydrogens is 615 g/mol. The molecule has 0 radical (unpaired) electrons. The van der Waals surface area contributed by atoms with Gasteiger partial charge in [0.05, 0.1) is 21.2 Å². The summed E-state index contributed by atoms with van der Waals surface area (Å²) in [4.78, 5) is 37.1. The van der Waals surface area contributed by atoms with Crippen LogP contribution in [0.1, 0.15) is 11.1 Å². The van der Waals surface area contributed by atoms with E-state index in [2.05, 4.69) is 21.2 Å². The van der Waals surface area contributed by atoms with Gasteiger partial charge in [-0.05, 0) is 66.3 Å². The molecule has 0 aliphatic carbocycles. The number of rotatable bonds is 5. The Bertz CT molecular complexity index is 1550. The second-order valence-electron chi connectivity index (χ2n) is 7.67. The predicted octanol–water partition coefficient (Wildman–Crippen LogP) is 6.65. The number of benzene rings is 3. The maximum atomic E-state index is 13.1. The van der Waals surface area contributed by atoms with Crippen molar-refractivity contribution in [2.75, 3.05) is 4.90 Å². The third-order valence-electron chi connectivity index (χ3n) is 5.14. The molecular formula is C24H12BrClF3N3O5S. The number of amides is 2. The molecule has 2 amide bonds. The zero-order valence-electron chi connectivity index (χ0n) is 18.6. The topological polar surface area (TPSA) is 102 Å². The molecule has 1 aliphatic rings. The Morgan fingerprint density at radius 3 is 2.42 bits per heavy atom. The lowest BCUT2D eigenvalue weighted by atomic mass is 10.1. The first kappa shape index (κ1) is 27.2. The number of nitro groups is 1. The van der Waals surface area contributed by atoms with Gasteiger partial charge in [0, 0.05) is 10.5 Å². The Labute approximate surface area is 230 Å². The van der Waals surface area contributed by atoms with E-state index in [1.807, 2.05) is 0 Å². The summed E-state index contributed by atoms with van der Waals surface area (Å²) < 4.78 is 45.0. The monoisotopic (exact) mass is 625 g/mol. The van der Waals surface area contributed by atoms with E-state index in [-0.39, 0.29) is 21.5 Å². The zero-order valence-corrected chi connectivity index (χ0v) is 21.7. The molecule has 0 aromatic heterocycles. The number of hydrogen-bond donors (Lipinski definition) is 1. The molecule has 0 unspecified atom stereocenters. The first-order chi connectivity index (χ1) is 17.8. The molecule has 0 saturated carbocycles. The number of nitro benzene ring substituents is 1. The van der Waals surface area contributed by atoms with Gasteiger partial charge < -0.3 is 4.74 Å². The van der Waals surface area contributed by atoms with Gasteiger partial charge in [0.2, 0.25) is 5.75 Å². The molecule has 1 saturated heterocycles. The molecule has 194 valence electrons. The van der Waals surface area contributed by atoms with E-state index < -0.39 is 39.9 Å². The Morgan fingerprint density at radius 2 is 1.79 bits per heavy atom. The Balaban J connectivity index is 1.64. The van der Waals surface area contributed by atoms with Gasteiger partial charge in [0.1, 0.15) is 11.3 Å². The Morgan fingerprint density at radius 1 is 1.08 bits per heavy atom. The second-order valence-corrected chi connectivity index (χ2v) is 9.38. The standard InChI is InChI=1S/C24H12BrClF3N3O5S/c25-14-2-1-3-15(11-14)31-22(34)16(21(33)30-23(31)38)8-12-4-6-19(17(26)9-12)37-20-7-5-13(24(27,28)29)10-18(20)32(35)36/h1-11H,(H,30,33,38)/b16-8+. The van der Waals surface area contributed by atoms with Crippen molar-refractivity contribution in [3.8, 4) is 11.5 Å². The maximum absolute atomic E-state index is 13.1. The van der Waals surface area contributed by atoms with E-state index in [1.54, 1.807) is 24.3 Å². The molecule has 3 aromatic rings. The van der Waals surface area contributed by atoms with Crippen molar-refractivity contribution in [2.24, 2.45) is 0 Å². The Kier molecular flexibility index (Phi) is 7.54. The minimum atomic E-state index is -4.78. The number of halogens is 5. The average molecular weight is 627 g/mol. The van der Waals surface area contributed by atoms with Crippen molar-refractivity contribution < 1.29 is 32.4 Å². The highest BCUT2D eigenvalue weighted by Gasteiger charge is 2.35. The van der Waals surface area contributed by atoms with Gasteiger partial charge in [-0.25, -0.2) is 0 Å². The maximum Gasteiger partial charge on any atom is 0.416 e. The van der Waals surface area contributed by atoms with Crippen LogP contribution in [-0.2, 0) is 15.8 Å². The summed E-state index contributed by atoms with van der Waals surface area (Å²) in [6, 6.07) is 12.5. The molecule has 38 heavy (non-hydrogen) atoms. The molecule has 1 N–H and O–H groups in total. The van der Waals surface area contributed by atoms with Crippen LogP contribution in [0, 0.1) is 10.1 Å². The minimum Gasteiger partial charge on any atom is -0.449 e. The highest BCUT2D eigenvalue weighted by atomic mass is 79.9. The lowest BCUT2D eigenvalue weighted by Crippen LogP contribution is -2.54. The van der Waals surface area contributed by atoms with Gasteiger partial charge in [-0.2, -0.15) is 13.2 Å². The van der Waals surface area contributed by atoms with E-state index in [1.165, 1.54) is 24.3 Å². The van der Waals surface area contributed by atoms with E-state index in [4.69, 9.17) is 28.6 Å². The predicted molar refractivity (Wildman–Crippen MR) is 140 cm³/mol. The van der Waals surface area contributed by atoms with Gasteiger partial charge in [-0.1, -0.05) is 39.7 Å². The number of alkyl halides is 3.